The highest BCUT2D eigenvalue weighted by molar-refractivity contribution is 7.13. The molecule has 0 aliphatic rings. The van der Waals surface area contributed by atoms with Gasteiger partial charge in [-0.05, 0) is 11.4 Å². The van der Waals surface area contributed by atoms with Gasteiger partial charge in [-0.1, -0.05) is 16.4 Å². The first-order valence-electron chi connectivity index (χ1n) is 3.45. The van der Waals surface area contributed by atoms with Crippen LogP contribution in [0.5, 0.6) is 0 Å². The molecule has 5 nitrogen and oxygen atoms in total. The molecule has 0 unspecified atom stereocenters. The Kier molecular flexibility index (Phi) is 2.05. The van der Waals surface area contributed by atoms with Crippen LogP contribution in [0.1, 0.15) is 5.89 Å². The van der Waals surface area contributed by atoms with Crippen molar-refractivity contribution in [1.82, 2.24) is 10.1 Å². The van der Waals surface area contributed by atoms with E-state index < -0.39 is 0 Å². The minimum Gasteiger partial charge on any atom is -0.411 e. The minimum absolute atomic E-state index is 0.186. The lowest BCUT2D eigenvalue weighted by Gasteiger charge is -1.80. The molecular weight excluding hydrogens is 190 g/mol. The van der Waals surface area contributed by atoms with Crippen LogP contribution in [0.2, 0.25) is 0 Å². The van der Waals surface area contributed by atoms with Crippen LogP contribution in [0, 0.1) is 0 Å². The van der Waals surface area contributed by atoms with E-state index in [4.69, 9.17) is 9.73 Å². The third kappa shape index (κ3) is 1.57. The van der Waals surface area contributed by atoms with Crippen LogP contribution in [-0.2, 0) is 0 Å². The molecule has 0 saturated carbocycles. The maximum absolute atomic E-state index is 8.20. The second-order valence-electron chi connectivity index (χ2n) is 2.18. The molecule has 66 valence electrons. The number of rotatable bonds is 2. The molecule has 0 spiro atoms. The molecule has 2 aromatic rings. The SMILES string of the molecule is O/N=C\c1nc(-c2cccs2)no1. The summed E-state index contributed by atoms with van der Waals surface area (Å²) >= 11 is 1.52. The molecule has 0 aromatic carbocycles. The number of hydrogen-bond donors (Lipinski definition) is 1. The number of nitrogens with zero attached hydrogens (tertiary/aromatic N) is 3. The van der Waals surface area contributed by atoms with Gasteiger partial charge in [0.15, 0.2) is 0 Å². The van der Waals surface area contributed by atoms with Crippen LogP contribution in [0.4, 0.5) is 0 Å². The van der Waals surface area contributed by atoms with Crippen molar-refractivity contribution in [2.24, 2.45) is 5.16 Å². The summed E-state index contributed by atoms with van der Waals surface area (Å²) in [4.78, 5) is 4.88. The Bertz CT molecular complexity index is 407. The van der Waals surface area contributed by atoms with Crippen molar-refractivity contribution in [3.63, 3.8) is 0 Å². The zero-order chi connectivity index (χ0) is 9.10. The zero-order valence-corrected chi connectivity index (χ0v) is 7.23. The lowest BCUT2D eigenvalue weighted by molar-refractivity contribution is 0.319. The van der Waals surface area contributed by atoms with Crippen LogP contribution in [0.15, 0.2) is 27.2 Å². The molecule has 2 aromatic heterocycles. The lowest BCUT2D eigenvalue weighted by atomic mass is 10.4. The predicted octanol–water partition coefficient (Wildman–Crippen LogP) is 1.61. The molecule has 0 saturated heterocycles. The molecule has 13 heavy (non-hydrogen) atoms. The van der Waals surface area contributed by atoms with Crippen LogP contribution < -0.4 is 0 Å². The Balaban J connectivity index is 2.33. The Morgan fingerprint density at radius 3 is 3.23 bits per heavy atom. The number of aromatic nitrogens is 2. The zero-order valence-electron chi connectivity index (χ0n) is 6.41. The van der Waals surface area contributed by atoms with Gasteiger partial charge in [-0.25, -0.2) is 0 Å². The number of hydrogen-bond acceptors (Lipinski definition) is 6. The van der Waals surface area contributed by atoms with Crippen molar-refractivity contribution >= 4 is 17.6 Å². The predicted molar refractivity (Wildman–Crippen MR) is 47.0 cm³/mol. The smallest absolute Gasteiger partial charge is 0.272 e. The van der Waals surface area contributed by atoms with Gasteiger partial charge in [0.25, 0.3) is 5.89 Å². The normalized spacial score (nSPS) is 11.1. The van der Waals surface area contributed by atoms with Crippen molar-refractivity contribution in [2.75, 3.05) is 0 Å². The van der Waals surface area contributed by atoms with Gasteiger partial charge < -0.3 is 9.73 Å². The van der Waals surface area contributed by atoms with Gasteiger partial charge in [0.1, 0.15) is 6.21 Å². The molecular formula is C7H5N3O2S. The van der Waals surface area contributed by atoms with E-state index in [-0.39, 0.29) is 5.89 Å². The lowest BCUT2D eigenvalue weighted by Crippen LogP contribution is -1.79. The summed E-state index contributed by atoms with van der Waals surface area (Å²) in [5.74, 6) is 0.691. The minimum atomic E-state index is 0.186. The first-order valence-corrected chi connectivity index (χ1v) is 4.33. The molecule has 0 amide bonds. The van der Waals surface area contributed by atoms with E-state index >= 15 is 0 Å². The maximum atomic E-state index is 8.20. The molecule has 2 rings (SSSR count). The van der Waals surface area contributed by atoms with Crippen LogP contribution >= 0.6 is 11.3 Å². The molecule has 0 aliphatic carbocycles. The van der Waals surface area contributed by atoms with Gasteiger partial charge in [0, 0.05) is 0 Å². The number of thiophene rings is 1. The van der Waals surface area contributed by atoms with Crippen molar-refractivity contribution in [3.8, 4) is 10.7 Å². The Morgan fingerprint density at radius 1 is 1.62 bits per heavy atom. The van der Waals surface area contributed by atoms with Crippen LogP contribution in [0.25, 0.3) is 10.7 Å². The highest BCUT2D eigenvalue weighted by Crippen LogP contribution is 2.20. The van der Waals surface area contributed by atoms with E-state index in [2.05, 4.69) is 15.3 Å². The molecule has 0 radical (unpaired) electrons. The summed E-state index contributed by atoms with van der Waals surface area (Å²) in [5, 5.41) is 16.6. The molecule has 2 heterocycles. The van der Waals surface area contributed by atoms with Gasteiger partial charge in [-0.3, -0.25) is 0 Å². The summed E-state index contributed by atoms with van der Waals surface area (Å²) in [6.45, 7) is 0. The van der Waals surface area contributed by atoms with Crippen LogP contribution in [0.3, 0.4) is 0 Å². The summed E-state index contributed by atoms with van der Waals surface area (Å²) in [5.41, 5.74) is 0. The van der Waals surface area contributed by atoms with Gasteiger partial charge >= 0.3 is 0 Å². The summed E-state index contributed by atoms with van der Waals surface area (Å²) in [6.07, 6.45) is 1.09. The quantitative estimate of drug-likeness (QED) is 0.449. The van der Waals surface area contributed by atoms with E-state index in [1.54, 1.807) is 0 Å². The fraction of sp³-hybridized carbons (Fsp3) is 0. The fourth-order valence-electron chi connectivity index (χ4n) is 0.843. The van der Waals surface area contributed by atoms with E-state index in [1.807, 2.05) is 17.5 Å². The van der Waals surface area contributed by atoms with E-state index in [0.717, 1.165) is 11.1 Å². The highest BCUT2D eigenvalue weighted by atomic mass is 32.1. The molecule has 0 bridgehead atoms. The monoisotopic (exact) mass is 195 g/mol. The first kappa shape index (κ1) is 7.93. The standard InChI is InChI=1S/C7H5N3O2S/c11-8-4-6-9-7(10-12-6)5-2-1-3-13-5/h1-4,11H/b8-4-. The highest BCUT2D eigenvalue weighted by Gasteiger charge is 2.06. The summed E-state index contributed by atoms with van der Waals surface area (Å²) in [6, 6.07) is 3.78. The third-order valence-corrected chi connectivity index (χ3v) is 2.22. The molecule has 0 fully saturated rings. The maximum Gasteiger partial charge on any atom is 0.272 e. The average molecular weight is 195 g/mol. The first-order chi connectivity index (χ1) is 6.40. The van der Waals surface area contributed by atoms with Crippen molar-refractivity contribution in [1.29, 1.82) is 0 Å². The fourth-order valence-corrected chi connectivity index (χ4v) is 1.49. The van der Waals surface area contributed by atoms with Crippen molar-refractivity contribution in [2.45, 2.75) is 0 Å². The van der Waals surface area contributed by atoms with Gasteiger partial charge in [-0.15, -0.1) is 11.3 Å². The molecule has 6 heteroatoms. The molecule has 0 aliphatic heterocycles. The number of oxime groups is 1. The largest absolute Gasteiger partial charge is 0.411 e. The topological polar surface area (TPSA) is 71.5 Å². The Hall–Kier alpha value is -1.69. The van der Waals surface area contributed by atoms with E-state index in [9.17, 15) is 0 Å². The van der Waals surface area contributed by atoms with Gasteiger partial charge in [0.05, 0.1) is 4.88 Å². The molecule has 1 N–H and O–H groups in total. The van der Waals surface area contributed by atoms with E-state index in [1.165, 1.54) is 11.3 Å². The second-order valence-corrected chi connectivity index (χ2v) is 3.13. The Labute approximate surface area is 77.3 Å². The average Bonchev–Trinajstić information content (AvgIpc) is 2.70. The van der Waals surface area contributed by atoms with E-state index in [0.29, 0.717) is 5.82 Å². The van der Waals surface area contributed by atoms with Gasteiger partial charge in [-0.2, -0.15) is 4.98 Å². The second kappa shape index (κ2) is 3.36. The molecule has 0 atom stereocenters. The van der Waals surface area contributed by atoms with Crippen molar-refractivity contribution in [3.05, 3.63) is 23.4 Å². The van der Waals surface area contributed by atoms with Crippen LogP contribution in [-0.4, -0.2) is 21.6 Å². The Morgan fingerprint density at radius 2 is 2.54 bits per heavy atom. The van der Waals surface area contributed by atoms with Crippen molar-refractivity contribution < 1.29 is 9.73 Å². The summed E-state index contributed by atoms with van der Waals surface area (Å²) in [7, 11) is 0. The summed E-state index contributed by atoms with van der Waals surface area (Å²) < 4.78 is 4.77. The third-order valence-electron chi connectivity index (χ3n) is 1.35. The van der Waals surface area contributed by atoms with Gasteiger partial charge in [0.2, 0.25) is 5.82 Å².